The van der Waals surface area contributed by atoms with E-state index in [1.165, 1.54) is 0 Å². The maximum atomic E-state index is 13.4. The average molecular weight is 578 g/mol. The van der Waals surface area contributed by atoms with Crippen LogP contribution in [-0.2, 0) is 13.0 Å². The SMILES string of the molecule is CCCN(CCC)C(=O)c1cccc(C(=O)N[C@H](Cc2ccccc2)[C@H](O)CNCc2cccc(-c3ccccc3)c2)c1. The van der Waals surface area contributed by atoms with Crippen molar-refractivity contribution in [3.63, 3.8) is 0 Å². The molecule has 0 spiro atoms. The number of benzene rings is 4. The van der Waals surface area contributed by atoms with Crippen LogP contribution in [0.5, 0.6) is 0 Å². The van der Waals surface area contributed by atoms with E-state index in [9.17, 15) is 14.7 Å². The number of carbonyl (C=O) groups is 2. The van der Waals surface area contributed by atoms with Crippen molar-refractivity contribution < 1.29 is 14.7 Å². The van der Waals surface area contributed by atoms with E-state index in [1.54, 1.807) is 24.3 Å². The third kappa shape index (κ3) is 9.37. The van der Waals surface area contributed by atoms with Gasteiger partial charge in [0.05, 0.1) is 12.1 Å². The van der Waals surface area contributed by atoms with Crippen LogP contribution in [0.1, 0.15) is 58.5 Å². The lowest BCUT2D eigenvalue weighted by Gasteiger charge is -2.25. The Morgan fingerprint density at radius 1 is 0.721 bits per heavy atom. The molecule has 0 fully saturated rings. The van der Waals surface area contributed by atoms with Crippen LogP contribution in [0.3, 0.4) is 0 Å². The topological polar surface area (TPSA) is 81.7 Å². The Bertz CT molecular complexity index is 1440. The molecule has 2 atom stereocenters. The highest BCUT2D eigenvalue weighted by molar-refractivity contribution is 5.99. The third-order valence-electron chi connectivity index (χ3n) is 7.44. The van der Waals surface area contributed by atoms with E-state index in [4.69, 9.17) is 0 Å². The summed E-state index contributed by atoms with van der Waals surface area (Å²) in [5.74, 6) is -0.387. The molecule has 4 aromatic rings. The second kappa shape index (κ2) is 16.4. The van der Waals surface area contributed by atoms with Gasteiger partial charge in [-0.2, -0.15) is 0 Å². The molecule has 3 N–H and O–H groups in total. The van der Waals surface area contributed by atoms with Crippen molar-refractivity contribution in [3.8, 4) is 11.1 Å². The van der Waals surface area contributed by atoms with Gasteiger partial charge in [-0.05, 0) is 65.8 Å². The van der Waals surface area contributed by atoms with E-state index < -0.39 is 12.1 Å². The summed E-state index contributed by atoms with van der Waals surface area (Å²) in [6.45, 7) is 6.34. The summed E-state index contributed by atoms with van der Waals surface area (Å²) in [6, 6.07) is 34.7. The molecule has 0 aliphatic heterocycles. The highest BCUT2D eigenvalue weighted by Gasteiger charge is 2.23. The van der Waals surface area contributed by atoms with Crippen LogP contribution in [0.25, 0.3) is 11.1 Å². The predicted octanol–water partition coefficient (Wildman–Crippen LogP) is 6.11. The van der Waals surface area contributed by atoms with Crippen molar-refractivity contribution in [3.05, 3.63) is 131 Å². The Kier molecular flexibility index (Phi) is 12.1. The second-order valence-electron chi connectivity index (χ2n) is 10.9. The quantitative estimate of drug-likeness (QED) is 0.159. The Morgan fingerprint density at radius 3 is 2.02 bits per heavy atom. The first-order valence-corrected chi connectivity index (χ1v) is 15.3. The second-order valence-corrected chi connectivity index (χ2v) is 10.9. The van der Waals surface area contributed by atoms with Gasteiger partial charge in [0, 0.05) is 37.3 Å². The average Bonchev–Trinajstić information content (AvgIpc) is 3.05. The van der Waals surface area contributed by atoms with Gasteiger partial charge in [0.15, 0.2) is 0 Å². The van der Waals surface area contributed by atoms with Crippen molar-refractivity contribution in [1.29, 1.82) is 0 Å². The molecular weight excluding hydrogens is 534 g/mol. The Morgan fingerprint density at radius 2 is 1.33 bits per heavy atom. The minimum absolute atomic E-state index is 0.0697. The Hall–Kier alpha value is -4.26. The van der Waals surface area contributed by atoms with Crippen LogP contribution in [0.2, 0.25) is 0 Å². The van der Waals surface area contributed by atoms with Crippen molar-refractivity contribution in [2.75, 3.05) is 19.6 Å². The first kappa shape index (κ1) is 31.7. The minimum Gasteiger partial charge on any atom is -0.390 e. The summed E-state index contributed by atoms with van der Waals surface area (Å²) in [4.78, 5) is 28.4. The monoisotopic (exact) mass is 577 g/mol. The van der Waals surface area contributed by atoms with E-state index in [0.717, 1.165) is 35.1 Å². The fourth-order valence-corrected chi connectivity index (χ4v) is 5.23. The Labute approximate surface area is 255 Å². The first-order chi connectivity index (χ1) is 21.0. The smallest absolute Gasteiger partial charge is 0.253 e. The van der Waals surface area contributed by atoms with E-state index in [-0.39, 0.29) is 11.8 Å². The zero-order valence-electron chi connectivity index (χ0n) is 25.2. The van der Waals surface area contributed by atoms with Crippen LogP contribution in [0, 0.1) is 0 Å². The van der Waals surface area contributed by atoms with Crippen molar-refractivity contribution >= 4 is 11.8 Å². The molecule has 43 heavy (non-hydrogen) atoms. The summed E-state index contributed by atoms with van der Waals surface area (Å²) in [5, 5.41) is 17.7. The number of nitrogens with zero attached hydrogens (tertiary/aromatic N) is 1. The zero-order chi connectivity index (χ0) is 30.4. The molecule has 0 bridgehead atoms. The molecule has 6 heteroatoms. The largest absolute Gasteiger partial charge is 0.390 e. The zero-order valence-corrected chi connectivity index (χ0v) is 25.2. The highest BCUT2D eigenvalue weighted by Crippen LogP contribution is 2.20. The lowest BCUT2D eigenvalue weighted by Crippen LogP contribution is -2.48. The van der Waals surface area contributed by atoms with E-state index in [2.05, 4.69) is 54.8 Å². The van der Waals surface area contributed by atoms with Gasteiger partial charge in [0.2, 0.25) is 0 Å². The lowest BCUT2D eigenvalue weighted by molar-refractivity contribution is 0.0755. The standard InChI is InChI=1S/C37H43N3O3/c1-3-21-40(22-4-2)37(43)33-20-12-19-32(25-33)36(42)39-34(24-28-13-7-5-8-14-28)35(41)27-38-26-29-15-11-18-31(23-29)30-16-9-6-10-17-30/h5-20,23,25,34-35,38,41H,3-4,21-22,24,26-27H2,1-2H3,(H,39,42)/t34-,35-/m1/s1. The molecule has 0 heterocycles. The van der Waals surface area contributed by atoms with Gasteiger partial charge in [-0.25, -0.2) is 0 Å². The number of aliphatic hydroxyl groups is 1. The molecule has 0 radical (unpaired) electrons. The van der Waals surface area contributed by atoms with Crippen molar-refractivity contribution in [2.45, 2.75) is 51.8 Å². The number of hydrogen-bond donors (Lipinski definition) is 3. The number of hydrogen-bond acceptors (Lipinski definition) is 4. The number of rotatable bonds is 15. The molecule has 0 saturated heterocycles. The summed E-state index contributed by atoms with van der Waals surface area (Å²) in [6.07, 6.45) is 1.38. The summed E-state index contributed by atoms with van der Waals surface area (Å²) >= 11 is 0. The van der Waals surface area contributed by atoms with Crippen LogP contribution in [0.4, 0.5) is 0 Å². The molecule has 0 aliphatic rings. The van der Waals surface area contributed by atoms with Gasteiger partial charge < -0.3 is 20.6 Å². The number of aliphatic hydroxyl groups excluding tert-OH is 1. The van der Waals surface area contributed by atoms with Crippen molar-refractivity contribution in [1.82, 2.24) is 15.5 Å². The number of carbonyl (C=O) groups excluding carboxylic acids is 2. The van der Waals surface area contributed by atoms with E-state index in [0.29, 0.717) is 43.7 Å². The minimum atomic E-state index is -0.837. The lowest BCUT2D eigenvalue weighted by atomic mass is 10.00. The van der Waals surface area contributed by atoms with Gasteiger partial charge in [-0.3, -0.25) is 9.59 Å². The molecule has 0 aliphatic carbocycles. The first-order valence-electron chi connectivity index (χ1n) is 15.3. The molecule has 4 rings (SSSR count). The predicted molar refractivity (Wildman–Crippen MR) is 174 cm³/mol. The van der Waals surface area contributed by atoms with E-state index in [1.807, 2.05) is 59.5 Å². The van der Waals surface area contributed by atoms with Gasteiger partial charge in [0.1, 0.15) is 0 Å². The summed E-state index contributed by atoms with van der Waals surface area (Å²) in [7, 11) is 0. The fraction of sp³-hybridized carbons (Fsp3) is 0.297. The van der Waals surface area contributed by atoms with Gasteiger partial charge >= 0.3 is 0 Å². The highest BCUT2D eigenvalue weighted by atomic mass is 16.3. The van der Waals surface area contributed by atoms with E-state index >= 15 is 0 Å². The molecule has 0 unspecified atom stereocenters. The van der Waals surface area contributed by atoms with Crippen LogP contribution in [0.15, 0.2) is 109 Å². The van der Waals surface area contributed by atoms with Crippen LogP contribution in [-0.4, -0.2) is 53.6 Å². The molecule has 2 amide bonds. The molecular formula is C37H43N3O3. The third-order valence-corrected chi connectivity index (χ3v) is 7.44. The van der Waals surface area contributed by atoms with Gasteiger partial charge in [-0.1, -0.05) is 98.8 Å². The Balaban J connectivity index is 1.43. The molecule has 224 valence electrons. The molecule has 0 saturated carbocycles. The summed E-state index contributed by atoms with van der Waals surface area (Å²) < 4.78 is 0. The maximum Gasteiger partial charge on any atom is 0.253 e. The van der Waals surface area contributed by atoms with Gasteiger partial charge in [0.25, 0.3) is 11.8 Å². The fourth-order valence-electron chi connectivity index (χ4n) is 5.23. The molecule has 0 aromatic heterocycles. The van der Waals surface area contributed by atoms with Crippen molar-refractivity contribution in [2.24, 2.45) is 0 Å². The number of nitrogens with one attached hydrogen (secondary N) is 2. The molecule has 4 aromatic carbocycles. The maximum absolute atomic E-state index is 13.4. The van der Waals surface area contributed by atoms with Gasteiger partial charge in [-0.15, -0.1) is 0 Å². The van der Waals surface area contributed by atoms with Crippen LogP contribution >= 0.6 is 0 Å². The molecule has 6 nitrogen and oxygen atoms in total. The van der Waals surface area contributed by atoms with Crippen LogP contribution < -0.4 is 10.6 Å². The normalized spacial score (nSPS) is 12.3. The number of amides is 2. The summed E-state index contributed by atoms with van der Waals surface area (Å²) in [5.41, 5.74) is 5.32.